The number of nitrogens with two attached hydrogens (primary N) is 1. The van der Waals surface area contributed by atoms with E-state index >= 15 is 0 Å². The van der Waals surface area contributed by atoms with E-state index in [1.54, 1.807) is 18.2 Å². The van der Waals surface area contributed by atoms with E-state index in [2.05, 4.69) is 0 Å². The Balaban J connectivity index is 0.00000169. The van der Waals surface area contributed by atoms with Crippen molar-refractivity contribution < 1.29 is 14.3 Å². The first-order chi connectivity index (χ1) is 6.20. The van der Waals surface area contributed by atoms with Crippen molar-refractivity contribution in [2.24, 2.45) is 5.73 Å². The van der Waals surface area contributed by atoms with Crippen molar-refractivity contribution in [3.8, 4) is 11.5 Å². The molecule has 0 heterocycles. The van der Waals surface area contributed by atoms with Gasteiger partial charge in [0.05, 0.1) is 14.2 Å². The molecule has 1 aromatic rings. The summed E-state index contributed by atoms with van der Waals surface area (Å²) in [6, 6.07) is 5.04. The van der Waals surface area contributed by atoms with Crippen molar-refractivity contribution in [1.82, 2.24) is 0 Å². The van der Waals surface area contributed by atoms with Gasteiger partial charge in [-0.25, -0.2) is 0 Å². The van der Waals surface area contributed by atoms with Gasteiger partial charge in [-0.05, 0) is 12.1 Å². The zero-order chi connectivity index (χ0) is 9.84. The molecule has 0 bridgehead atoms. The first kappa shape index (κ1) is 12.6. The van der Waals surface area contributed by atoms with Crippen molar-refractivity contribution in [2.75, 3.05) is 14.2 Å². The zero-order valence-electron chi connectivity index (χ0n) is 7.94. The minimum absolute atomic E-state index is 0. The third-order valence-electron chi connectivity index (χ3n) is 1.67. The molecule has 0 saturated carbocycles. The molecule has 1 amide bonds. The third kappa shape index (κ3) is 2.29. The maximum atomic E-state index is 11.0. The van der Waals surface area contributed by atoms with Crippen LogP contribution in [-0.2, 0) is 0 Å². The Morgan fingerprint density at radius 3 is 1.93 bits per heavy atom. The number of hydrogen-bond acceptors (Lipinski definition) is 3. The summed E-state index contributed by atoms with van der Waals surface area (Å²) >= 11 is 0. The number of amides is 1. The number of rotatable bonds is 3. The van der Waals surface area contributed by atoms with Crippen LogP contribution in [0.2, 0.25) is 0 Å². The van der Waals surface area contributed by atoms with Gasteiger partial charge in [-0.2, -0.15) is 0 Å². The van der Waals surface area contributed by atoms with Gasteiger partial charge in [-0.3, -0.25) is 4.79 Å². The molecule has 4 nitrogen and oxygen atoms in total. The number of primary amides is 1. The molecule has 14 heavy (non-hydrogen) atoms. The Morgan fingerprint density at radius 2 is 1.64 bits per heavy atom. The average molecular weight is 218 g/mol. The molecule has 5 heteroatoms. The largest absolute Gasteiger partial charge is 0.496 e. The second-order valence-corrected chi connectivity index (χ2v) is 2.40. The number of carbonyl (C=O) groups excluding carboxylic acids is 1. The molecule has 0 aromatic heterocycles. The summed E-state index contributed by atoms with van der Waals surface area (Å²) in [5.41, 5.74) is 5.44. The van der Waals surface area contributed by atoms with Crippen LogP contribution in [0.4, 0.5) is 0 Å². The van der Waals surface area contributed by atoms with Gasteiger partial charge in [-0.15, -0.1) is 12.4 Å². The fourth-order valence-electron chi connectivity index (χ4n) is 1.09. The summed E-state index contributed by atoms with van der Waals surface area (Å²) in [6.07, 6.45) is 0. The summed E-state index contributed by atoms with van der Waals surface area (Å²) in [4.78, 5) is 11.0. The van der Waals surface area contributed by atoms with Crippen LogP contribution in [0.3, 0.4) is 0 Å². The van der Waals surface area contributed by atoms with Crippen LogP contribution in [0, 0.1) is 0 Å². The first-order valence-corrected chi connectivity index (χ1v) is 3.71. The molecule has 0 aliphatic carbocycles. The Labute approximate surface area is 88.4 Å². The lowest BCUT2D eigenvalue weighted by molar-refractivity contribution is 0.0994. The molecule has 1 aromatic carbocycles. The SMILES string of the molecule is COc1cccc(OC)c1C(N)=O.Cl. The standard InChI is InChI=1S/C9H11NO3.ClH/c1-12-6-4-3-5-7(13-2)8(6)9(10)11;/h3-5H,1-2H3,(H2,10,11);1H. The van der Waals surface area contributed by atoms with Gasteiger partial charge in [0.2, 0.25) is 0 Å². The van der Waals surface area contributed by atoms with E-state index in [0.717, 1.165) is 0 Å². The minimum atomic E-state index is -0.561. The molecule has 78 valence electrons. The lowest BCUT2D eigenvalue weighted by Gasteiger charge is -2.09. The molecular weight excluding hydrogens is 206 g/mol. The fourth-order valence-corrected chi connectivity index (χ4v) is 1.09. The summed E-state index contributed by atoms with van der Waals surface area (Å²) in [5.74, 6) is 0.285. The highest BCUT2D eigenvalue weighted by molar-refractivity contribution is 5.98. The number of hydrogen-bond donors (Lipinski definition) is 1. The van der Waals surface area contributed by atoms with E-state index in [4.69, 9.17) is 15.2 Å². The molecule has 2 N–H and O–H groups in total. The normalized spacial score (nSPS) is 8.71. The highest BCUT2D eigenvalue weighted by atomic mass is 35.5. The summed E-state index contributed by atoms with van der Waals surface area (Å²) in [7, 11) is 2.95. The maximum absolute atomic E-state index is 11.0. The minimum Gasteiger partial charge on any atom is -0.496 e. The quantitative estimate of drug-likeness (QED) is 0.828. The first-order valence-electron chi connectivity index (χ1n) is 3.71. The van der Waals surface area contributed by atoms with Crippen molar-refractivity contribution in [2.45, 2.75) is 0 Å². The van der Waals surface area contributed by atoms with Crippen LogP contribution in [0.25, 0.3) is 0 Å². The Bertz CT molecular complexity index is 306. The van der Waals surface area contributed by atoms with Gasteiger partial charge < -0.3 is 15.2 Å². The number of carbonyl (C=O) groups is 1. The smallest absolute Gasteiger partial charge is 0.256 e. The molecule has 0 aliphatic heterocycles. The zero-order valence-corrected chi connectivity index (χ0v) is 8.76. The lowest BCUT2D eigenvalue weighted by Crippen LogP contribution is -2.13. The van der Waals surface area contributed by atoms with Crippen LogP contribution < -0.4 is 15.2 Å². The van der Waals surface area contributed by atoms with Crippen LogP contribution >= 0.6 is 12.4 Å². The van der Waals surface area contributed by atoms with Crippen molar-refractivity contribution in [3.63, 3.8) is 0 Å². The fraction of sp³-hybridized carbons (Fsp3) is 0.222. The van der Waals surface area contributed by atoms with E-state index in [1.807, 2.05) is 0 Å². The van der Waals surface area contributed by atoms with Gasteiger partial charge in [0, 0.05) is 0 Å². The molecule has 1 rings (SSSR count). The second kappa shape index (κ2) is 5.34. The number of methoxy groups -OCH3 is 2. The van der Waals surface area contributed by atoms with Crippen LogP contribution in [-0.4, -0.2) is 20.1 Å². The average Bonchev–Trinajstić information content (AvgIpc) is 2.16. The molecule has 0 atom stereocenters. The predicted octanol–water partition coefficient (Wildman–Crippen LogP) is 1.22. The van der Waals surface area contributed by atoms with E-state index in [9.17, 15) is 4.79 Å². The van der Waals surface area contributed by atoms with Gasteiger partial charge >= 0.3 is 0 Å². The van der Waals surface area contributed by atoms with E-state index in [-0.39, 0.29) is 18.0 Å². The molecule has 0 aliphatic rings. The summed E-state index contributed by atoms with van der Waals surface area (Å²) in [5, 5.41) is 0. The summed E-state index contributed by atoms with van der Waals surface area (Å²) in [6.45, 7) is 0. The van der Waals surface area contributed by atoms with Gasteiger partial charge in [0.25, 0.3) is 5.91 Å². The van der Waals surface area contributed by atoms with Crippen LogP contribution in [0.15, 0.2) is 18.2 Å². The molecular formula is C9H12ClNO3. The number of benzene rings is 1. The van der Waals surface area contributed by atoms with Gasteiger partial charge in [0.1, 0.15) is 17.1 Å². The number of halogens is 1. The van der Waals surface area contributed by atoms with Crippen LogP contribution in [0.1, 0.15) is 10.4 Å². The maximum Gasteiger partial charge on any atom is 0.256 e. The van der Waals surface area contributed by atoms with Crippen molar-refractivity contribution >= 4 is 18.3 Å². The predicted molar refractivity (Wildman–Crippen MR) is 55.3 cm³/mol. The molecule has 0 unspecified atom stereocenters. The Hall–Kier alpha value is -1.42. The van der Waals surface area contributed by atoms with Crippen molar-refractivity contribution in [3.05, 3.63) is 23.8 Å². The highest BCUT2D eigenvalue weighted by Crippen LogP contribution is 2.27. The van der Waals surface area contributed by atoms with Gasteiger partial charge in [0.15, 0.2) is 0 Å². The molecule has 0 saturated heterocycles. The highest BCUT2D eigenvalue weighted by Gasteiger charge is 2.14. The Morgan fingerprint density at radius 1 is 1.21 bits per heavy atom. The summed E-state index contributed by atoms with van der Waals surface area (Å²) < 4.78 is 9.94. The third-order valence-corrected chi connectivity index (χ3v) is 1.67. The van der Waals surface area contributed by atoms with Crippen molar-refractivity contribution in [1.29, 1.82) is 0 Å². The molecule has 0 radical (unpaired) electrons. The van der Waals surface area contributed by atoms with Gasteiger partial charge in [-0.1, -0.05) is 6.07 Å². The van der Waals surface area contributed by atoms with Crippen LogP contribution in [0.5, 0.6) is 11.5 Å². The Kier molecular flexibility index (Phi) is 4.80. The molecule has 0 fully saturated rings. The van der Waals surface area contributed by atoms with E-state index in [1.165, 1.54) is 14.2 Å². The van der Waals surface area contributed by atoms with E-state index in [0.29, 0.717) is 11.5 Å². The van der Waals surface area contributed by atoms with E-state index < -0.39 is 5.91 Å². The number of ether oxygens (including phenoxy) is 2. The monoisotopic (exact) mass is 217 g/mol. The molecule has 0 spiro atoms. The topological polar surface area (TPSA) is 61.6 Å². The second-order valence-electron chi connectivity index (χ2n) is 2.40. The lowest BCUT2D eigenvalue weighted by atomic mass is 10.1.